The van der Waals surface area contributed by atoms with Crippen molar-refractivity contribution in [3.63, 3.8) is 0 Å². The topological polar surface area (TPSA) is 57.7 Å². The van der Waals surface area contributed by atoms with E-state index in [0.717, 1.165) is 29.7 Å². The minimum absolute atomic E-state index is 0.164. The van der Waals surface area contributed by atoms with Gasteiger partial charge < -0.3 is 9.80 Å². The Labute approximate surface area is 240 Å². The highest BCUT2D eigenvalue weighted by atomic mass is 19.1. The summed E-state index contributed by atoms with van der Waals surface area (Å²) in [5, 5.41) is 0. The van der Waals surface area contributed by atoms with E-state index in [2.05, 4.69) is 4.90 Å². The highest BCUT2D eigenvalue weighted by molar-refractivity contribution is 6.02. The van der Waals surface area contributed by atoms with Crippen molar-refractivity contribution in [2.75, 3.05) is 32.7 Å². The number of nitrogens with zero attached hydrogens (tertiary/aromatic N) is 2. The molecule has 5 nitrogen and oxygen atoms in total. The lowest BCUT2D eigenvalue weighted by Gasteiger charge is -2.44. The van der Waals surface area contributed by atoms with Gasteiger partial charge in [0.15, 0.2) is 11.6 Å². The molecule has 2 aliphatic heterocycles. The second kappa shape index (κ2) is 12.4. The van der Waals surface area contributed by atoms with E-state index < -0.39 is 29.4 Å². The number of likely N-dealkylation sites (tertiary alicyclic amines) is 2. The molecule has 41 heavy (non-hydrogen) atoms. The first-order valence-electron chi connectivity index (χ1n) is 14.4. The molecule has 3 aromatic rings. The molecule has 1 amide bonds. The number of aryl methyl sites for hydroxylation is 1. The van der Waals surface area contributed by atoms with E-state index in [4.69, 9.17) is 0 Å². The Bertz CT molecular complexity index is 1390. The van der Waals surface area contributed by atoms with Gasteiger partial charge in [-0.2, -0.15) is 0 Å². The summed E-state index contributed by atoms with van der Waals surface area (Å²) >= 11 is 0. The SMILES string of the molecule is Cc1cccc(C2[C@@H](C(=O)c3cccc(F)c3)CN(CCCN3CCCC3=O)C[C@@H]2C(=O)c2cccc(F)c2)c1C. The van der Waals surface area contributed by atoms with Crippen LogP contribution in [0, 0.1) is 37.3 Å². The van der Waals surface area contributed by atoms with Crippen LogP contribution < -0.4 is 0 Å². The zero-order chi connectivity index (χ0) is 29.1. The monoisotopic (exact) mass is 558 g/mol. The predicted octanol–water partition coefficient (Wildman–Crippen LogP) is 5.99. The summed E-state index contributed by atoms with van der Waals surface area (Å²) in [4.78, 5) is 44.4. The minimum Gasteiger partial charge on any atom is -0.343 e. The summed E-state index contributed by atoms with van der Waals surface area (Å²) in [6.07, 6.45) is 2.16. The van der Waals surface area contributed by atoms with Crippen LogP contribution in [0.4, 0.5) is 8.78 Å². The molecule has 0 saturated carbocycles. The molecule has 7 heteroatoms. The average Bonchev–Trinajstić information content (AvgIpc) is 3.37. The Balaban J connectivity index is 1.54. The van der Waals surface area contributed by atoms with E-state index >= 15 is 0 Å². The molecule has 2 fully saturated rings. The Kier molecular flexibility index (Phi) is 8.74. The van der Waals surface area contributed by atoms with Crippen molar-refractivity contribution in [1.82, 2.24) is 9.80 Å². The Hall–Kier alpha value is -3.71. The van der Waals surface area contributed by atoms with Crippen LogP contribution in [0.5, 0.6) is 0 Å². The fourth-order valence-corrected chi connectivity index (χ4v) is 6.52. The van der Waals surface area contributed by atoms with Crippen LogP contribution in [-0.4, -0.2) is 60.0 Å². The maximum atomic E-state index is 14.2. The smallest absolute Gasteiger partial charge is 0.222 e. The second-order valence-corrected chi connectivity index (χ2v) is 11.4. The van der Waals surface area contributed by atoms with Gasteiger partial charge in [0.2, 0.25) is 5.91 Å². The standard InChI is InChI=1S/C34H36F2N2O3/c1-22-8-3-13-28(23(22)2)32-29(33(40)24-9-4-11-26(35)18-24)20-37(15-7-17-38-16-6-14-31(38)39)21-30(32)34(41)25-10-5-12-27(36)19-25/h3-5,8-13,18-19,29-30,32H,6-7,14-17,20-21H2,1-2H3/t29-,30-/m0/s1. The van der Waals surface area contributed by atoms with Crippen molar-refractivity contribution in [2.24, 2.45) is 11.8 Å². The van der Waals surface area contributed by atoms with E-state index in [0.29, 0.717) is 39.0 Å². The predicted molar refractivity (Wildman–Crippen MR) is 154 cm³/mol. The van der Waals surface area contributed by atoms with Gasteiger partial charge in [0, 0.05) is 61.5 Å². The van der Waals surface area contributed by atoms with E-state index in [1.807, 2.05) is 36.9 Å². The number of benzene rings is 3. The molecule has 0 spiro atoms. The first kappa shape index (κ1) is 28.8. The van der Waals surface area contributed by atoms with Crippen LogP contribution in [0.3, 0.4) is 0 Å². The number of Topliss-reactive ketones (excluding diaryl/α,β-unsaturated/α-hetero) is 2. The van der Waals surface area contributed by atoms with Crippen molar-refractivity contribution >= 4 is 17.5 Å². The van der Waals surface area contributed by atoms with Crippen LogP contribution in [0.15, 0.2) is 66.7 Å². The third-order valence-electron chi connectivity index (χ3n) is 8.75. The summed E-state index contributed by atoms with van der Waals surface area (Å²) < 4.78 is 28.5. The fourth-order valence-electron chi connectivity index (χ4n) is 6.52. The summed E-state index contributed by atoms with van der Waals surface area (Å²) in [6.45, 7) is 6.78. The van der Waals surface area contributed by atoms with Gasteiger partial charge in [0.25, 0.3) is 0 Å². The number of piperidine rings is 1. The van der Waals surface area contributed by atoms with Crippen molar-refractivity contribution in [3.05, 3.63) is 106 Å². The second-order valence-electron chi connectivity index (χ2n) is 11.4. The molecule has 3 aromatic carbocycles. The van der Waals surface area contributed by atoms with Crippen LogP contribution in [0.1, 0.15) is 62.6 Å². The fraction of sp³-hybridized carbons (Fsp3) is 0.382. The summed E-state index contributed by atoms with van der Waals surface area (Å²) in [6, 6.07) is 17.3. The molecule has 0 unspecified atom stereocenters. The maximum absolute atomic E-state index is 14.2. The lowest BCUT2D eigenvalue weighted by atomic mass is 9.67. The molecule has 214 valence electrons. The molecule has 2 heterocycles. The molecule has 2 atom stereocenters. The van der Waals surface area contributed by atoms with E-state index in [1.54, 1.807) is 12.1 Å². The molecule has 0 bridgehead atoms. The van der Waals surface area contributed by atoms with Crippen LogP contribution >= 0.6 is 0 Å². The largest absolute Gasteiger partial charge is 0.343 e. The molecular weight excluding hydrogens is 522 g/mol. The van der Waals surface area contributed by atoms with E-state index in [9.17, 15) is 23.2 Å². The zero-order valence-electron chi connectivity index (χ0n) is 23.6. The highest BCUT2D eigenvalue weighted by Crippen LogP contribution is 2.42. The van der Waals surface area contributed by atoms with Gasteiger partial charge in [-0.15, -0.1) is 0 Å². The first-order chi connectivity index (χ1) is 19.7. The van der Waals surface area contributed by atoms with Crippen molar-refractivity contribution < 1.29 is 23.2 Å². The number of hydrogen-bond acceptors (Lipinski definition) is 4. The van der Waals surface area contributed by atoms with E-state index in [1.165, 1.54) is 36.4 Å². The normalized spacial score (nSPS) is 20.0. The third kappa shape index (κ3) is 6.30. The van der Waals surface area contributed by atoms with Crippen LogP contribution in [-0.2, 0) is 4.79 Å². The van der Waals surface area contributed by atoms with Crippen molar-refractivity contribution in [2.45, 2.75) is 39.0 Å². The summed E-state index contributed by atoms with van der Waals surface area (Å²) in [5.74, 6) is -2.97. The van der Waals surface area contributed by atoms with Crippen LogP contribution in [0.25, 0.3) is 0 Å². The molecule has 0 aliphatic carbocycles. The van der Waals surface area contributed by atoms with Crippen molar-refractivity contribution in [1.29, 1.82) is 0 Å². The number of rotatable bonds is 9. The van der Waals surface area contributed by atoms with Crippen LogP contribution in [0.2, 0.25) is 0 Å². The zero-order valence-corrected chi connectivity index (χ0v) is 23.6. The molecule has 0 aromatic heterocycles. The number of halogens is 2. The number of ketones is 2. The van der Waals surface area contributed by atoms with Gasteiger partial charge in [-0.3, -0.25) is 14.4 Å². The van der Waals surface area contributed by atoms with Gasteiger partial charge in [0.05, 0.1) is 0 Å². The van der Waals surface area contributed by atoms with E-state index in [-0.39, 0.29) is 28.6 Å². The average molecular weight is 559 g/mol. The lowest BCUT2D eigenvalue weighted by Crippen LogP contribution is -2.51. The molecular formula is C34H36F2N2O3. The quantitative estimate of drug-likeness (QED) is 0.303. The Morgan fingerprint density at radius 2 is 1.41 bits per heavy atom. The molecule has 5 rings (SSSR count). The Morgan fingerprint density at radius 3 is 1.95 bits per heavy atom. The van der Waals surface area contributed by atoms with Gasteiger partial charge in [-0.05, 0) is 74.2 Å². The lowest BCUT2D eigenvalue weighted by molar-refractivity contribution is -0.127. The number of carbonyl (C=O) groups excluding carboxylic acids is 3. The minimum atomic E-state index is -0.623. The van der Waals surface area contributed by atoms with Gasteiger partial charge >= 0.3 is 0 Å². The van der Waals surface area contributed by atoms with Crippen molar-refractivity contribution in [3.8, 4) is 0 Å². The number of carbonyl (C=O) groups is 3. The molecule has 2 aliphatic rings. The highest BCUT2D eigenvalue weighted by Gasteiger charge is 2.45. The maximum Gasteiger partial charge on any atom is 0.222 e. The van der Waals surface area contributed by atoms with Gasteiger partial charge in [-0.25, -0.2) is 8.78 Å². The van der Waals surface area contributed by atoms with Gasteiger partial charge in [-0.1, -0.05) is 42.5 Å². The summed E-state index contributed by atoms with van der Waals surface area (Å²) in [5.41, 5.74) is 3.51. The molecule has 0 radical (unpaired) electrons. The third-order valence-corrected chi connectivity index (χ3v) is 8.75. The van der Waals surface area contributed by atoms with Gasteiger partial charge in [0.1, 0.15) is 11.6 Å². The first-order valence-corrected chi connectivity index (χ1v) is 14.4. The number of amides is 1. The molecule has 2 saturated heterocycles. The molecule has 0 N–H and O–H groups in total. The summed E-state index contributed by atoms with van der Waals surface area (Å²) in [7, 11) is 0. The Morgan fingerprint density at radius 1 is 0.829 bits per heavy atom. The number of hydrogen-bond donors (Lipinski definition) is 0.